The lowest BCUT2D eigenvalue weighted by Gasteiger charge is -2.08. The molecule has 0 saturated heterocycles. The third-order valence-corrected chi connectivity index (χ3v) is 2.96. The number of hydrogen-bond acceptors (Lipinski definition) is 4. The quantitative estimate of drug-likeness (QED) is 0.906. The molecule has 0 atom stereocenters. The Bertz CT molecular complexity index is 686. The zero-order chi connectivity index (χ0) is 15.4. The molecule has 2 N–H and O–H groups in total. The second kappa shape index (κ2) is 6.23. The number of carbonyl (C=O) groups is 2. The van der Waals surface area contributed by atoms with Gasteiger partial charge < -0.3 is 15.2 Å². The van der Waals surface area contributed by atoms with E-state index in [9.17, 15) is 9.59 Å². The fraction of sp³-hybridized carbons (Fsp3) is 0.0714. The topological polar surface area (TPSA) is 88.5 Å². The first-order valence-electron chi connectivity index (χ1n) is 5.85. The molecule has 1 aromatic carbocycles. The summed E-state index contributed by atoms with van der Waals surface area (Å²) in [7, 11) is 1.47. The molecule has 0 saturated carbocycles. The Morgan fingerprint density at radius 3 is 2.62 bits per heavy atom. The van der Waals surface area contributed by atoms with Crippen molar-refractivity contribution >= 4 is 29.2 Å². The number of benzene rings is 1. The van der Waals surface area contributed by atoms with Crippen LogP contribution in [0.2, 0.25) is 5.02 Å². The maximum atomic E-state index is 12.0. The fourth-order valence-corrected chi connectivity index (χ4v) is 1.78. The minimum atomic E-state index is -1.10. The highest BCUT2D eigenvalue weighted by molar-refractivity contribution is 6.32. The van der Waals surface area contributed by atoms with Crippen LogP contribution in [0.4, 0.5) is 5.69 Å². The van der Waals surface area contributed by atoms with Crippen LogP contribution in [0.1, 0.15) is 20.8 Å². The van der Waals surface area contributed by atoms with E-state index in [4.69, 9.17) is 21.4 Å². The summed E-state index contributed by atoms with van der Waals surface area (Å²) in [6.45, 7) is 0. The van der Waals surface area contributed by atoms with Gasteiger partial charge in [-0.2, -0.15) is 0 Å². The molecule has 6 nitrogen and oxygen atoms in total. The molecule has 0 aliphatic rings. The van der Waals surface area contributed by atoms with Gasteiger partial charge in [0.15, 0.2) is 0 Å². The number of methoxy groups -OCH3 is 1. The van der Waals surface area contributed by atoms with Crippen molar-refractivity contribution in [1.82, 2.24) is 4.98 Å². The Morgan fingerprint density at radius 1 is 1.29 bits per heavy atom. The molecular formula is C14H11ClN2O4. The number of pyridine rings is 1. The van der Waals surface area contributed by atoms with Crippen LogP contribution in [0.3, 0.4) is 0 Å². The SMILES string of the molecule is COc1cc(NC(=O)c2ccc(C(=O)O)cn2)ccc1Cl. The molecule has 21 heavy (non-hydrogen) atoms. The van der Waals surface area contributed by atoms with Gasteiger partial charge in [-0.1, -0.05) is 11.6 Å². The van der Waals surface area contributed by atoms with E-state index >= 15 is 0 Å². The highest BCUT2D eigenvalue weighted by atomic mass is 35.5. The number of carboxylic acid groups (broad SMARTS) is 1. The number of hydrogen-bond donors (Lipinski definition) is 2. The zero-order valence-electron chi connectivity index (χ0n) is 11.0. The second-order valence-electron chi connectivity index (χ2n) is 4.04. The van der Waals surface area contributed by atoms with Crippen molar-refractivity contribution in [1.29, 1.82) is 0 Å². The summed E-state index contributed by atoms with van der Waals surface area (Å²) < 4.78 is 5.05. The van der Waals surface area contributed by atoms with E-state index in [1.165, 1.54) is 19.2 Å². The highest BCUT2D eigenvalue weighted by Gasteiger charge is 2.11. The number of aromatic carboxylic acids is 1. The zero-order valence-corrected chi connectivity index (χ0v) is 11.7. The van der Waals surface area contributed by atoms with E-state index < -0.39 is 11.9 Å². The number of halogens is 1. The van der Waals surface area contributed by atoms with Gasteiger partial charge in [0.2, 0.25) is 0 Å². The molecule has 0 radical (unpaired) electrons. The van der Waals surface area contributed by atoms with Gasteiger partial charge >= 0.3 is 5.97 Å². The molecule has 7 heteroatoms. The number of amides is 1. The highest BCUT2D eigenvalue weighted by Crippen LogP contribution is 2.27. The molecule has 108 valence electrons. The molecule has 1 amide bonds. The Morgan fingerprint density at radius 2 is 2.05 bits per heavy atom. The molecular weight excluding hydrogens is 296 g/mol. The molecule has 2 rings (SSSR count). The molecule has 0 fully saturated rings. The summed E-state index contributed by atoms with van der Waals surface area (Å²) in [5.41, 5.74) is 0.610. The van der Waals surface area contributed by atoms with Gasteiger partial charge in [-0.25, -0.2) is 4.79 Å². The normalized spacial score (nSPS) is 10.0. The number of ether oxygens (including phenoxy) is 1. The lowest BCUT2D eigenvalue weighted by Crippen LogP contribution is -2.14. The fourth-order valence-electron chi connectivity index (χ4n) is 1.59. The molecule has 1 aromatic heterocycles. The number of rotatable bonds is 4. The molecule has 0 spiro atoms. The number of aromatic nitrogens is 1. The number of carbonyl (C=O) groups excluding carboxylic acids is 1. The Labute approximate surface area is 125 Å². The number of anilines is 1. The monoisotopic (exact) mass is 306 g/mol. The molecule has 1 heterocycles. The van der Waals surface area contributed by atoms with Crippen molar-refractivity contribution in [2.24, 2.45) is 0 Å². The van der Waals surface area contributed by atoms with E-state index in [2.05, 4.69) is 10.3 Å². The van der Waals surface area contributed by atoms with Crippen LogP contribution in [0.5, 0.6) is 5.75 Å². The minimum absolute atomic E-state index is 0.0136. The summed E-state index contributed by atoms with van der Waals surface area (Å²) in [6.07, 6.45) is 1.12. The van der Waals surface area contributed by atoms with Crippen LogP contribution < -0.4 is 10.1 Å². The van der Waals surface area contributed by atoms with Crippen molar-refractivity contribution in [3.05, 3.63) is 52.8 Å². The van der Waals surface area contributed by atoms with Crippen LogP contribution in [0.15, 0.2) is 36.5 Å². The summed E-state index contributed by atoms with van der Waals surface area (Å²) in [5, 5.41) is 11.8. The lowest BCUT2D eigenvalue weighted by molar-refractivity contribution is 0.0696. The Balaban J connectivity index is 2.15. The predicted octanol–water partition coefficient (Wildman–Crippen LogP) is 2.69. The van der Waals surface area contributed by atoms with Gasteiger partial charge in [-0.3, -0.25) is 9.78 Å². The van der Waals surface area contributed by atoms with Gasteiger partial charge in [-0.05, 0) is 24.3 Å². The van der Waals surface area contributed by atoms with Crippen LogP contribution in [-0.4, -0.2) is 29.1 Å². The number of carboxylic acids is 1. The van der Waals surface area contributed by atoms with Gasteiger partial charge in [0.05, 0.1) is 17.7 Å². The van der Waals surface area contributed by atoms with Gasteiger partial charge in [0, 0.05) is 18.0 Å². The average molecular weight is 307 g/mol. The largest absolute Gasteiger partial charge is 0.495 e. The summed E-state index contributed by atoms with van der Waals surface area (Å²) in [6, 6.07) is 7.44. The molecule has 0 aliphatic heterocycles. The Kier molecular flexibility index (Phi) is 4.39. The van der Waals surface area contributed by atoms with Crippen LogP contribution >= 0.6 is 11.6 Å². The third-order valence-electron chi connectivity index (χ3n) is 2.65. The maximum Gasteiger partial charge on any atom is 0.337 e. The summed E-state index contributed by atoms with van der Waals surface area (Å²) in [5.74, 6) is -1.13. The van der Waals surface area contributed by atoms with Crippen LogP contribution in [0, 0.1) is 0 Å². The summed E-state index contributed by atoms with van der Waals surface area (Å²) in [4.78, 5) is 26.5. The molecule has 0 unspecified atom stereocenters. The number of nitrogens with one attached hydrogen (secondary N) is 1. The molecule has 0 bridgehead atoms. The van der Waals surface area contributed by atoms with Crippen molar-refractivity contribution in [3.63, 3.8) is 0 Å². The molecule has 0 aliphatic carbocycles. The number of nitrogens with zero attached hydrogens (tertiary/aromatic N) is 1. The molecule has 2 aromatic rings. The van der Waals surface area contributed by atoms with E-state index in [0.717, 1.165) is 6.20 Å². The first kappa shape index (κ1) is 14.8. The van der Waals surface area contributed by atoms with Crippen molar-refractivity contribution in [3.8, 4) is 5.75 Å². The average Bonchev–Trinajstić information content (AvgIpc) is 2.49. The van der Waals surface area contributed by atoms with Crippen molar-refractivity contribution < 1.29 is 19.4 Å². The summed E-state index contributed by atoms with van der Waals surface area (Å²) >= 11 is 5.89. The second-order valence-corrected chi connectivity index (χ2v) is 4.45. The van der Waals surface area contributed by atoms with Gasteiger partial charge in [-0.15, -0.1) is 0 Å². The first-order chi connectivity index (χ1) is 10.0. The van der Waals surface area contributed by atoms with E-state index in [1.54, 1.807) is 18.2 Å². The van der Waals surface area contributed by atoms with Crippen molar-refractivity contribution in [2.45, 2.75) is 0 Å². The van der Waals surface area contributed by atoms with Crippen LogP contribution in [0.25, 0.3) is 0 Å². The van der Waals surface area contributed by atoms with Gasteiger partial charge in [0.25, 0.3) is 5.91 Å². The first-order valence-corrected chi connectivity index (χ1v) is 6.23. The smallest absolute Gasteiger partial charge is 0.337 e. The van der Waals surface area contributed by atoms with E-state index in [1.807, 2.05) is 0 Å². The van der Waals surface area contributed by atoms with E-state index in [0.29, 0.717) is 16.5 Å². The third kappa shape index (κ3) is 3.49. The van der Waals surface area contributed by atoms with E-state index in [-0.39, 0.29) is 11.3 Å². The van der Waals surface area contributed by atoms with Gasteiger partial charge in [0.1, 0.15) is 11.4 Å². The standard InChI is InChI=1S/C14H11ClN2O4/c1-21-12-6-9(3-4-10(12)15)17-13(18)11-5-2-8(7-16-11)14(19)20/h2-7H,1H3,(H,17,18)(H,19,20). The van der Waals surface area contributed by atoms with Crippen molar-refractivity contribution in [2.75, 3.05) is 12.4 Å². The Hall–Kier alpha value is -2.60. The lowest BCUT2D eigenvalue weighted by atomic mass is 10.2. The maximum absolute atomic E-state index is 12.0. The minimum Gasteiger partial charge on any atom is -0.495 e. The predicted molar refractivity (Wildman–Crippen MR) is 77.2 cm³/mol. The van der Waals surface area contributed by atoms with Crippen LogP contribution in [-0.2, 0) is 0 Å².